The van der Waals surface area contributed by atoms with E-state index in [0.29, 0.717) is 5.69 Å². The molecule has 2 rings (SSSR count). The summed E-state index contributed by atoms with van der Waals surface area (Å²) in [6.45, 7) is 1.05. The lowest BCUT2D eigenvalue weighted by atomic mass is 10.1. The lowest BCUT2D eigenvalue weighted by Crippen LogP contribution is -2.07. The smallest absolute Gasteiger partial charge is 0.137 e. The summed E-state index contributed by atoms with van der Waals surface area (Å²) in [5.41, 5.74) is 1.45. The molecule has 0 saturated heterocycles. The lowest BCUT2D eigenvalue weighted by Gasteiger charge is -1.97. The molecular formula is C15H19FN2O. The Morgan fingerprint density at radius 1 is 1.21 bits per heavy atom. The van der Waals surface area contributed by atoms with Gasteiger partial charge in [0, 0.05) is 18.1 Å². The summed E-state index contributed by atoms with van der Waals surface area (Å²) in [5, 5.41) is 7.11. The second-order valence-corrected chi connectivity index (χ2v) is 4.60. The summed E-state index contributed by atoms with van der Waals surface area (Å²) in [6, 6.07) is 8.29. The van der Waals surface area contributed by atoms with Crippen molar-refractivity contribution in [2.24, 2.45) is 0 Å². The molecule has 4 heteroatoms. The van der Waals surface area contributed by atoms with Crippen LogP contribution in [0, 0.1) is 5.82 Å². The summed E-state index contributed by atoms with van der Waals surface area (Å²) < 4.78 is 18.4. The molecule has 1 heterocycles. The van der Waals surface area contributed by atoms with Crippen LogP contribution in [-0.4, -0.2) is 18.7 Å². The Bertz CT molecular complexity index is 510. The fraction of sp³-hybridized carbons (Fsp3) is 0.400. The highest BCUT2D eigenvalue weighted by Gasteiger charge is 2.07. The van der Waals surface area contributed by atoms with E-state index < -0.39 is 0 Å². The summed E-state index contributed by atoms with van der Waals surface area (Å²) in [5.74, 6) is 0.609. The largest absolute Gasteiger partial charge is 0.361 e. The van der Waals surface area contributed by atoms with E-state index in [4.69, 9.17) is 4.52 Å². The van der Waals surface area contributed by atoms with Crippen molar-refractivity contribution in [1.29, 1.82) is 0 Å². The molecule has 19 heavy (non-hydrogen) atoms. The molecule has 0 bridgehead atoms. The number of rotatable bonds is 7. The number of nitrogens with one attached hydrogen (secondary N) is 1. The Morgan fingerprint density at radius 2 is 2.11 bits per heavy atom. The highest BCUT2D eigenvalue weighted by atomic mass is 19.1. The molecule has 0 aliphatic rings. The molecule has 0 saturated carbocycles. The van der Waals surface area contributed by atoms with E-state index >= 15 is 0 Å². The maximum atomic E-state index is 13.1. The fourth-order valence-electron chi connectivity index (χ4n) is 1.99. The molecule has 1 aromatic carbocycles. The van der Waals surface area contributed by atoms with Gasteiger partial charge in [-0.2, -0.15) is 0 Å². The van der Waals surface area contributed by atoms with Crippen molar-refractivity contribution in [2.75, 3.05) is 13.6 Å². The number of unbranched alkanes of at least 4 members (excludes halogenated alkanes) is 2. The zero-order valence-electron chi connectivity index (χ0n) is 11.2. The quantitative estimate of drug-likeness (QED) is 0.777. The molecule has 2 aromatic rings. The van der Waals surface area contributed by atoms with Gasteiger partial charge in [0.05, 0.1) is 0 Å². The minimum Gasteiger partial charge on any atom is -0.361 e. The normalized spacial score (nSPS) is 10.8. The van der Waals surface area contributed by atoms with Gasteiger partial charge in [0.25, 0.3) is 0 Å². The first-order valence-corrected chi connectivity index (χ1v) is 6.66. The third-order valence-electron chi connectivity index (χ3n) is 3.03. The van der Waals surface area contributed by atoms with Crippen molar-refractivity contribution < 1.29 is 8.91 Å². The van der Waals surface area contributed by atoms with Gasteiger partial charge in [0.15, 0.2) is 0 Å². The molecule has 0 amide bonds. The number of nitrogens with zero attached hydrogens (tertiary/aromatic N) is 1. The van der Waals surface area contributed by atoms with Gasteiger partial charge in [0.2, 0.25) is 0 Å². The van der Waals surface area contributed by atoms with Crippen LogP contribution < -0.4 is 5.32 Å². The number of hydrogen-bond acceptors (Lipinski definition) is 3. The van der Waals surface area contributed by atoms with Crippen molar-refractivity contribution in [3.63, 3.8) is 0 Å². The molecule has 102 valence electrons. The number of benzene rings is 1. The number of aryl methyl sites for hydroxylation is 1. The van der Waals surface area contributed by atoms with Crippen LogP contribution in [0.2, 0.25) is 0 Å². The number of aromatic nitrogens is 1. The van der Waals surface area contributed by atoms with Crippen LogP contribution in [0.25, 0.3) is 11.3 Å². The van der Waals surface area contributed by atoms with Gasteiger partial charge in [-0.3, -0.25) is 0 Å². The zero-order chi connectivity index (χ0) is 13.5. The molecule has 0 aliphatic heterocycles. The van der Waals surface area contributed by atoms with Gasteiger partial charge in [-0.15, -0.1) is 0 Å². The minimum atomic E-state index is -0.255. The Hall–Kier alpha value is -1.68. The Morgan fingerprint density at radius 3 is 2.89 bits per heavy atom. The first-order valence-electron chi connectivity index (χ1n) is 6.66. The lowest BCUT2D eigenvalue weighted by molar-refractivity contribution is 0.380. The van der Waals surface area contributed by atoms with Crippen LogP contribution in [0.3, 0.4) is 0 Å². The predicted octanol–water partition coefficient (Wildman–Crippen LogP) is 3.41. The molecule has 1 N–H and O–H groups in total. The first-order chi connectivity index (χ1) is 9.29. The molecule has 0 unspecified atom stereocenters. The van der Waals surface area contributed by atoms with Gasteiger partial charge in [-0.05, 0) is 38.6 Å². The van der Waals surface area contributed by atoms with Crippen LogP contribution in [0.5, 0.6) is 0 Å². The molecule has 0 radical (unpaired) electrons. The van der Waals surface area contributed by atoms with E-state index in [9.17, 15) is 4.39 Å². The van der Waals surface area contributed by atoms with E-state index in [-0.39, 0.29) is 5.82 Å². The van der Waals surface area contributed by atoms with Crippen LogP contribution in [-0.2, 0) is 6.42 Å². The van der Waals surface area contributed by atoms with Crippen molar-refractivity contribution >= 4 is 0 Å². The van der Waals surface area contributed by atoms with E-state index in [0.717, 1.165) is 37.1 Å². The average Bonchev–Trinajstić information content (AvgIpc) is 2.87. The van der Waals surface area contributed by atoms with Gasteiger partial charge in [-0.1, -0.05) is 23.7 Å². The van der Waals surface area contributed by atoms with Crippen LogP contribution >= 0.6 is 0 Å². The third-order valence-corrected chi connectivity index (χ3v) is 3.03. The number of halogens is 1. The molecule has 1 aromatic heterocycles. The van der Waals surface area contributed by atoms with Gasteiger partial charge < -0.3 is 9.84 Å². The molecule has 0 fully saturated rings. The van der Waals surface area contributed by atoms with Crippen LogP contribution in [0.1, 0.15) is 25.0 Å². The molecular weight excluding hydrogens is 243 g/mol. The monoisotopic (exact) mass is 262 g/mol. The Kier molecular flexibility index (Phi) is 5.10. The highest BCUT2D eigenvalue weighted by Crippen LogP contribution is 2.20. The third kappa shape index (κ3) is 4.17. The Labute approximate surface area is 112 Å². The SMILES string of the molecule is CNCCCCCc1cc(-c2cccc(F)c2)no1. The topological polar surface area (TPSA) is 38.1 Å². The van der Waals surface area contributed by atoms with E-state index in [1.807, 2.05) is 19.2 Å². The number of hydrogen-bond donors (Lipinski definition) is 1. The summed E-state index contributed by atoms with van der Waals surface area (Å²) in [4.78, 5) is 0. The van der Waals surface area contributed by atoms with Crippen molar-refractivity contribution in [3.05, 3.63) is 41.9 Å². The second-order valence-electron chi connectivity index (χ2n) is 4.60. The summed E-state index contributed by atoms with van der Waals surface area (Å²) in [7, 11) is 1.96. The highest BCUT2D eigenvalue weighted by molar-refractivity contribution is 5.58. The van der Waals surface area contributed by atoms with E-state index in [2.05, 4.69) is 10.5 Å². The van der Waals surface area contributed by atoms with Crippen molar-refractivity contribution in [3.8, 4) is 11.3 Å². The summed E-state index contributed by atoms with van der Waals surface area (Å²) >= 11 is 0. The average molecular weight is 262 g/mol. The van der Waals surface area contributed by atoms with E-state index in [1.165, 1.54) is 18.6 Å². The standard InChI is InChI=1S/C15H19FN2O/c1-17-9-4-2-3-8-14-11-15(18-19-14)12-6-5-7-13(16)10-12/h5-7,10-11,17H,2-4,8-9H2,1H3. The van der Waals surface area contributed by atoms with Crippen molar-refractivity contribution in [1.82, 2.24) is 10.5 Å². The molecule has 0 aliphatic carbocycles. The summed E-state index contributed by atoms with van der Waals surface area (Å²) in [6.07, 6.45) is 4.30. The minimum absolute atomic E-state index is 0.255. The van der Waals surface area contributed by atoms with Gasteiger partial charge in [0.1, 0.15) is 17.3 Å². The van der Waals surface area contributed by atoms with Crippen LogP contribution in [0.4, 0.5) is 4.39 Å². The van der Waals surface area contributed by atoms with Crippen molar-refractivity contribution in [2.45, 2.75) is 25.7 Å². The van der Waals surface area contributed by atoms with Gasteiger partial charge >= 0.3 is 0 Å². The second kappa shape index (κ2) is 7.04. The Balaban J connectivity index is 1.88. The predicted molar refractivity (Wildman–Crippen MR) is 73.4 cm³/mol. The molecule has 0 spiro atoms. The molecule has 0 atom stereocenters. The van der Waals surface area contributed by atoms with Gasteiger partial charge in [-0.25, -0.2) is 4.39 Å². The van der Waals surface area contributed by atoms with E-state index in [1.54, 1.807) is 6.07 Å². The van der Waals surface area contributed by atoms with Crippen LogP contribution in [0.15, 0.2) is 34.9 Å². The maximum Gasteiger partial charge on any atom is 0.137 e. The first kappa shape index (κ1) is 13.7. The zero-order valence-corrected chi connectivity index (χ0v) is 11.2. The molecule has 3 nitrogen and oxygen atoms in total. The maximum absolute atomic E-state index is 13.1. The fourth-order valence-corrected chi connectivity index (χ4v) is 1.99.